The first-order chi connectivity index (χ1) is 10.7. The highest BCUT2D eigenvalue weighted by atomic mass is 16.5. The van der Waals surface area contributed by atoms with Crippen molar-refractivity contribution in [3.63, 3.8) is 0 Å². The molecule has 3 aromatic rings. The van der Waals surface area contributed by atoms with Crippen LogP contribution in [-0.2, 0) is 6.42 Å². The molecule has 0 atom stereocenters. The van der Waals surface area contributed by atoms with Gasteiger partial charge in [0.25, 0.3) is 5.56 Å². The van der Waals surface area contributed by atoms with Crippen LogP contribution in [0.4, 0.5) is 0 Å². The van der Waals surface area contributed by atoms with Gasteiger partial charge in [-0.05, 0) is 42.8 Å². The van der Waals surface area contributed by atoms with Crippen molar-refractivity contribution in [2.24, 2.45) is 0 Å². The molecule has 22 heavy (non-hydrogen) atoms. The second-order valence-electron chi connectivity index (χ2n) is 4.90. The van der Waals surface area contributed by atoms with E-state index in [0.717, 1.165) is 28.3 Å². The number of aromatic amines is 1. The molecule has 0 fully saturated rings. The number of nitrogens with one attached hydrogen (secondary N) is 1. The SMILES string of the molecule is CCc1c(-c2cccnc2)[nH]n(-c2ccc(OC)cc2)c1=O. The number of methoxy groups -OCH3 is 1. The molecule has 0 spiro atoms. The monoisotopic (exact) mass is 295 g/mol. The lowest BCUT2D eigenvalue weighted by atomic mass is 10.1. The van der Waals surface area contributed by atoms with E-state index in [1.165, 1.54) is 0 Å². The van der Waals surface area contributed by atoms with Crippen LogP contribution in [0.15, 0.2) is 53.6 Å². The fourth-order valence-corrected chi connectivity index (χ4v) is 2.46. The molecule has 0 saturated heterocycles. The van der Waals surface area contributed by atoms with Crippen molar-refractivity contribution < 1.29 is 4.74 Å². The Labute approximate surface area is 128 Å². The fraction of sp³-hybridized carbons (Fsp3) is 0.176. The summed E-state index contributed by atoms with van der Waals surface area (Å²) in [4.78, 5) is 16.8. The van der Waals surface area contributed by atoms with Crippen molar-refractivity contribution in [2.75, 3.05) is 7.11 Å². The number of nitrogens with zero attached hydrogens (tertiary/aromatic N) is 2. The second kappa shape index (κ2) is 5.89. The first kappa shape index (κ1) is 14.1. The van der Waals surface area contributed by atoms with Gasteiger partial charge in [0.2, 0.25) is 0 Å². The summed E-state index contributed by atoms with van der Waals surface area (Å²) in [6.45, 7) is 1.98. The zero-order chi connectivity index (χ0) is 15.5. The van der Waals surface area contributed by atoms with Gasteiger partial charge in [0.05, 0.1) is 18.5 Å². The van der Waals surface area contributed by atoms with E-state index < -0.39 is 0 Å². The quantitative estimate of drug-likeness (QED) is 0.805. The standard InChI is InChI=1S/C17H17N3O2/c1-3-15-16(12-5-4-10-18-11-12)19-20(17(15)21)13-6-8-14(22-2)9-7-13/h4-11,19H,3H2,1-2H3. The smallest absolute Gasteiger partial charge is 0.275 e. The minimum Gasteiger partial charge on any atom is -0.497 e. The number of hydrogen-bond donors (Lipinski definition) is 1. The average Bonchev–Trinajstić information content (AvgIpc) is 2.92. The molecule has 0 aliphatic heterocycles. The van der Waals surface area contributed by atoms with E-state index in [0.29, 0.717) is 6.42 Å². The first-order valence-corrected chi connectivity index (χ1v) is 7.13. The van der Waals surface area contributed by atoms with Crippen LogP contribution >= 0.6 is 0 Å². The van der Waals surface area contributed by atoms with Crippen LogP contribution in [-0.4, -0.2) is 21.9 Å². The topological polar surface area (TPSA) is 59.9 Å². The molecule has 0 unspecified atom stereocenters. The summed E-state index contributed by atoms with van der Waals surface area (Å²) < 4.78 is 6.71. The number of benzene rings is 1. The molecule has 5 nitrogen and oxygen atoms in total. The maximum Gasteiger partial charge on any atom is 0.275 e. The summed E-state index contributed by atoms with van der Waals surface area (Å²) in [7, 11) is 1.62. The van der Waals surface area contributed by atoms with Gasteiger partial charge >= 0.3 is 0 Å². The Kier molecular flexibility index (Phi) is 3.78. The summed E-state index contributed by atoms with van der Waals surface area (Å²) >= 11 is 0. The van der Waals surface area contributed by atoms with Gasteiger partial charge in [0, 0.05) is 23.5 Å². The Balaban J connectivity index is 2.13. The summed E-state index contributed by atoms with van der Waals surface area (Å²) in [5, 5.41) is 3.19. The summed E-state index contributed by atoms with van der Waals surface area (Å²) in [5.74, 6) is 0.756. The van der Waals surface area contributed by atoms with Crippen LogP contribution in [0.5, 0.6) is 5.75 Å². The van der Waals surface area contributed by atoms with Crippen molar-refractivity contribution in [3.05, 3.63) is 64.7 Å². The molecule has 0 aliphatic rings. The molecule has 3 rings (SSSR count). The number of H-pyrrole nitrogens is 1. The lowest BCUT2D eigenvalue weighted by Crippen LogP contribution is -2.16. The Morgan fingerprint density at radius 2 is 2.00 bits per heavy atom. The third kappa shape index (κ3) is 2.41. The normalized spacial score (nSPS) is 10.6. The number of ether oxygens (including phenoxy) is 1. The zero-order valence-corrected chi connectivity index (χ0v) is 12.5. The number of rotatable bonds is 4. The van der Waals surface area contributed by atoms with Crippen molar-refractivity contribution >= 4 is 0 Å². The molecule has 0 radical (unpaired) electrons. The van der Waals surface area contributed by atoms with E-state index in [9.17, 15) is 4.79 Å². The third-order valence-corrected chi connectivity index (χ3v) is 3.62. The molecule has 2 aromatic heterocycles. The highest BCUT2D eigenvalue weighted by molar-refractivity contribution is 5.62. The van der Waals surface area contributed by atoms with Crippen LogP contribution in [0.2, 0.25) is 0 Å². The number of aromatic nitrogens is 3. The maximum atomic E-state index is 12.6. The molecule has 0 bridgehead atoms. The van der Waals surface area contributed by atoms with E-state index in [-0.39, 0.29) is 5.56 Å². The minimum absolute atomic E-state index is 0.0356. The van der Waals surface area contributed by atoms with Crippen LogP contribution in [0, 0.1) is 0 Å². The highest BCUT2D eigenvalue weighted by Crippen LogP contribution is 2.21. The molecule has 0 saturated carbocycles. The van der Waals surface area contributed by atoms with Gasteiger partial charge in [0.15, 0.2) is 0 Å². The molecule has 2 heterocycles. The third-order valence-electron chi connectivity index (χ3n) is 3.62. The minimum atomic E-state index is -0.0356. The van der Waals surface area contributed by atoms with Crippen molar-refractivity contribution in [3.8, 4) is 22.7 Å². The molecular formula is C17H17N3O2. The molecule has 5 heteroatoms. The Bertz CT molecular complexity index is 817. The molecule has 1 N–H and O–H groups in total. The Hall–Kier alpha value is -2.82. The van der Waals surface area contributed by atoms with Crippen LogP contribution in [0.25, 0.3) is 16.9 Å². The largest absolute Gasteiger partial charge is 0.497 e. The van der Waals surface area contributed by atoms with Gasteiger partial charge in [-0.2, -0.15) is 0 Å². The van der Waals surface area contributed by atoms with Crippen molar-refractivity contribution in [2.45, 2.75) is 13.3 Å². The zero-order valence-electron chi connectivity index (χ0n) is 12.5. The lowest BCUT2D eigenvalue weighted by molar-refractivity contribution is 0.414. The Morgan fingerprint density at radius 3 is 2.59 bits per heavy atom. The van der Waals surface area contributed by atoms with Crippen molar-refractivity contribution in [1.82, 2.24) is 14.8 Å². The molecule has 112 valence electrons. The van der Waals surface area contributed by atoms with Gasteiger partial charge in [0.1, 0.15) is 5.75 Å². The van der Waals surface area contributed by atoms with Gasteiger partial charge in [-0.3, -0.25) is 14.9 Å². The average molecular weight is 295 g/mol. The molecule has 0 amide bonds. The summed E-state index contributed by atoms with van der Waals surface area (Å²) in [6.07, 6.45) is 4.12. The van der Waals surface area contributed by atoms with Crippen LogP contribution in [0.1, 0.15) is 12.5 Å². The van der Waals surface area contributed by atoms with Crippen LogP contribution < -0.4 is 10.3 Å². The summed E-state index contributed by atoms with van der Waals surface area (Å²) in [6, 6.07) is 11.2. The van der Waals surface area contributed by atoms with Crippen LogP contribution in [0.3, 0.4) is 0 Å². The van der Waals surface area contributed by atoms with Gasteiger partial charge in [-0.1, -0.05) is 6.92 Å². The summed E-state index contributed by atoms with van der Waals surface area (Å²) in [5.41, 5.74) is 3.21. The van der Waals surface area contributed by atoms with E-state index in [2.05, 4.69) is 10.1 Å². The predicted octanol–water partition coefficient (Wildman–Crippen LogP) is 2.80. The van der Waals surface area contributed by atoms with Crippen molar-refractivity contribution in [1.29, 1.82) is 0 Å². The number of hydrogen-bond acceptors (Lipinski definition) is 3. The van der Waals surface area contributed by atoms with E-state index in [4.69, 9.17) is 4.74 Å². The second-order valence-corrected chi connectivity index (χ2v) is 4.90. The van der Waals surface area contributed by atoms with Gasteiger partial charge < -0.3 is 4.74 Å². The van der Waals surface area contributed by atoms with E-state index in [1.54, 1.807) is 24.2 Å². The van der Waals surface area contributed by atoms with E-state index in [1.807, 2.05) is 43.3 Å². The molecular weight excluding hydrogens is 278 g/mol. The van der Waals surface area contributed by atoms with Gasteiger partial charge in [-0.25, -0.2) is 4.68 Å². The first-order valence-electron chi connectivity index (χ1n) is 7.13. The molecule has 1 aromatic carbocycles. The maximum absolute atomic E-state index is 12.6. The van der Waals surface area contributed by atoms with Gasteiger partial charge in [-0.15, -0.1) is 0 Å². The fourth-order valence-electron chi connectivity index (χ4n) is 2.46. The molecule has 0 aliphatic carbocycles. The highest BCUT2D eigenvalue weighted by Gasteiger charge is 2.15. The predicted molar refractivity (Wildman–Crippen MR) is 85.6 cm³/mol. The van der Waals surface area contributed by atoms with E-state index >= 15 is 0 Å². The Morgan fingerprint density at radius 1 is 1.23 bits per heavy atom. The number of pyridine rings is 1. The lowest BCUT2D eigenvalue weighted by Gasteiger charge is -2.04.